The fourth-order valence-corrected chi connectivity index (χ4v) is 3.29. The first kappa shape index (κ1) is 15.4. The highest BCUT2D eigenvalue weighted by atomic mass is 16.5. The summed E-state index contributed by atoms with van der Waals surface area (Å²) >= 11 is 0. The molecule has 128 valence electrons. The lowest BCUT2D eigenvalue weighted by atomic mass is 9.95. The van der Waals surface area contributed by atoms with E-state index < -0.39 is 0 Å². The predicted octanol–water partition coefficient (Wildman–Crippen LogP) is 3.56. The number of fused-ring (bicyclic) bond motifs is 1. The molecule has 0 saturated heterocycles. The maximum Gasteiger partial charge on any atom is 0.262 e. The van der Waals surface area contributed by atoms with Crippen LogP contribution in [0.2, 0.25) is 0 Å². The Labute approximate surface area is 143 Å². The highest BCUT2D eigenvalue weighted by molar-refractivity contribution is 5.99. The Bertz CT molecular complexity index is 961. The molecule has 0 radical (unpaired) electrons. The molecule has 0 unspecified atom stereocenters. The number of carbonyl (C=O) groups is 1. The Morgan fingerprint density at radius 3 is 2.20 bits per heavy atom. The van der Waals surface area contributed by atoms with Crippen LogP contribution >= 0.6 is 0 Å². The Hall–Kier alpha value is -3.09. The summed E-state index contributed by atoms with van der Waals surface area (Å²) in [4.78, 5) is 11.8. The summed E-state index contributed by atoms with van der Waals surface area (Å²) in [5, 5.41) is 10.9. The number of aryl methyl sites for hydroxylation is 4. The molecule has 0 fully saturated rings. The van der Waals surface area contributed by atoms with Crippen LogP contribution in [0, 0.1) is 27.7 Å². The molecule has 7 nitrogen and oxygen atoms in total. The summed E-state index contributed by atoms with van der Waals surface area (Å²) in [7, 11) is 0. The van der Waals surface area contributed by atoms with Gasteiger partial charge in [0.2, 0.25) is 0 Å². The molecule has 0 atom stereocenters. The topological polar surface area (TPSA) is 90.4 Å². The number of benzene rings is 1. The molecule has 1 aliphatic heterocycles. The summed E-state index contributed by atoms with van der Waals surface area (Å²) in [5.41, 5.74) is 5.63. The number of nitrogens with zero attached hydrogens (tertiary/aromatic N) is 2. The zero-order valence-electron chi connectivity index (χ0n) is 14.4. The van der Waals surface area contributed by atoms with Gasteiger partial charge in [-0.15, -0.1) is 0 Å². The van der Waals surface area contributed by atoms with Crippen molar-refractivity contribution in [1.29, 1.82) is 0 Å². The predicted molar refractivity (Wildman–Crippen MR) is 90.5 cm³/mol. The van der Waals surface area contributed by atoms with E-state index in [4.69, 9.17) is 13.8 Å². The van der Waals surface area contributed by atoms with Crippen molar-refractivity contribution in [2.45, 2.75) is 27.7 Å². The lowest BCUT2D eigenvalue weighted by Crippen LogP contribution is -2.25. The van der Waals surface area contributed by atoms with Crippen LogP contribution in [0.5, 0.6) is 5.75 Å². The molecule has 3 heterocycles. The van der Waals surface area contributed by atoms with E-state index in [1.165, 1.54) is 0 Å². The van der Waals surface area contributed by atoms with E-state index in [0.717, 1.165) is 33.6 Å². The summed E-state index contributed by atoms with van der Waals surface area (Å²) in [5.74, 6) is 1.83. The van der Waals surface area contributed by atoms with Crippen molar-refractivity contribution < 1.29 is 18.6 Å². The Morgan fingerprint density at radius 1 is 0.960 bits per heavy atom. The number of ether oxygens (including phenoxy) is 1. The third-order valence-corrected chi connectivity index (χ3v) is 4.34. The molecule has 1 amide bonds. The average molecular weight is 339 g/mol. The van der Waals surface area contributed by atoms with Gasteiger partial charge in [0.05, 0.1) is 22.6 Å². The summed E-state index contributed by atoms with van der Waals surface area (Å²) < 4.78 is 16.3. The van der Waals surface area contributed by atoms with E-state index >= 15 is 0 Å². The number of hydrogen-bond donors (Lipinski definition) is 1. The van der Waals surface area contributed by atoms with Gasteiger partial charge < -0.3 is 19.1 Å². The molecule has 7 heteroatoms. The van der Waals surface area contributed by atoms with Crippen LogP contribution in [-0.2, 0) is 4.79 Å². The molecule has 2 aromatic heterocycles. The minimum absolute atomic E-state index is 0.0198. The zero-order valence-corrected chi connectivity index (χ0v) is 14.4. The van der Waals surface area contributed by atoms with Crippen LogP contribution in [0.4, 0.5) is 5.69 Å². The monoisotopic (exact) mass is 339 g/mol. The number of carbonyl (C=O) groups excluding carboxylic acids is 1. The molecule has 1 N–H and O–H groups in total. The van der Waals surface area contributed by atoms with Gasteiger partial charge in [-0.1, -0.05) is 10.3 Å². The first-order valence-corrected chi connectivity index (χ1v) is 7.93. The minimum Gasteiger partial charge on any atom is -0.481 e. The second-order valence-corrected chi connectivity index (χ2v) is 6.14. The molecule has 3 aromatic rings. The Morgan fingerprint density at radius 2 is 1.60 bits per heavy atom. The summed E-state index contributed by atoms with van der Waals surface area (Å²) in [6.07, 6.45) is 0. The number of anilines is 1. The molecular formula is C18H17N3O4. The zero-order chi connectivity index (χ0) is 17.7. The minimum atomic E-state index is -0.187. The smallest absolute Gasteiger partial charge is 0.262 e. The van der Waals surface area contributed by atoms with Crippen LogP contribution in [0.3, 0.4) is 0 Å². The molecule has 0 spiro atoms. The number of rotatable bonds is 2. The van der Waals surface area contributed by atoms with Crippen molar-refractivity contribution in [3.05, 3.63) is 35.0 Å². The first-order chi connectivity index (χ1) is 12.0. The fourth-order valence-electron chi connectivity index (χ4n) is 3.29. The van der Waals surface area contributed by atoms with Crippen LogP contribution in [0.25, 0.3) is 22.3 Å². The van der Waals surface area contributed by atoms with Gasteiger partial charge in [0.15, 0.2) is 12.4 Å². The van der Waals surface area contributed by atoms with E-state index in [1.807, 2.05) is 39.8 Å². The van der Waals surface area contributed by atoms with Gasteiger partial charge in [-0.05, 0) is 45.4 Å². The van der Waals surface area contributed by atoms with Crippen LogP contribution in [0.1, 0.15) is 22.9 Å². The lowest BCUT2D eigenvalue weighted by molar-refractivity contribution is -0.118. The van der Waals surface area contributed by atoms with Gasteiger partial charge in [0, 0.05) is 11.1 Å². The Balaban J connectivity index is 2.02. The molecule has 25 heavy (non-hydrogen) atoms. The maximum absolute atomic E-state index is 11.8. The highest BCUT2D eigenvalue weighted by Crippen LogP contribution is 2.44. The molecule has 1 aromatic carbocycles. The normalized spacial score (nSPS) is 13.4. The number of hydrogen-bond acceptors (Lipinski definition) is 6. The molecule has 1 aliphatic rings. The van der Waals surface area contributed by atoms with E-state index in [0.29, 0.717) is 23.0 Å². The number of aromatic nitrogens is 2. The summed E-state index contributed by atoms with van der Waals surface area (Å²) in [6.45, 7) is 7.46. The van der Waals surface area contributed by atoms with E-state index in [-0.39, 0.29) is 12.5 Å². The molecule has 0 saturated carbocycles. The van der Waals surface area contributed by atoms with Crippen LogP contribution < -0.4 is 10.1 Å². The second-order valence-electron chi connectivity index (χ2n) is 6.14. The average Bonchev–Trinajstić information content (AvgIpc) is 3.08. The van der Waals surface area contributed by atoms with Crippen LogP contribution in [0.15, 0.2) is 21.2 Å². The van der Waals surface area contributed by atoms with Gasteiger partial charge in [0.25, 0.3) is 5.91 Å². The van der Waals surface area contributed by atoms with E-state index in [9.17, 15) is 4.79 Å². The summed E-state index contributed by atoms with van der Waals surface area (Å²) in [6, 6.07) is 3.87. The lowest BCUT2D eigenvalue weighted by Gasteiger charge is -2.22. The van der Waals surface area contributed by atoms with Crippen molar-refractivity contribution in [3.8, 4) is 28.0 Å². The molecule has 0 bridgehead atoms. The standard InChI is InChI=1S/C18H17N3O4/c1-8-16(10(3)24-20-8)12-5-13(17-9(2)21-25-11(17)4)18-14(6-12)19-15(22)7-23-18/h5-6H,7H2,1-4H3,(H,19,22). The van der Waals surface area contributed by atoms with Gasteiger partial charge in [0.1, 0.15) is 11.5 Å². The number of amides is 1. The van der Waals surface area contributed by atoms with Crippen molar-refractivity contribution >= 4 is 11.6 Å². The van der Waals surface area contributed by atoms with Crippen molar-refractivity contribution in [3.63, 3.8) is 0 Å². The highest BCUT2D eigenvalue weighted by Gasteiger charge is 2.26. The van der Waals surface area contributed by atoms with E-state index in [1.54, 1.807) is 0 Å². The molecule has 0 aliphatic carbocycles. The quantitative estimate of drug-likeness (QED) is 0.768. The van der Waals surface area contributed by atoms with E-state index in [2.05, 4.69) is 15.6 Å². The first-order valence-electron chi connectivity index (χ1n) is 7.93. The van der Waals surface area contributed by atoms with Crippen molar-refractivity contribution in [2.24, 2.45) is 0 Å². The Kier molecular flexibility index (Phi) is 3.38. The van der Waals surface area contributed by atoms with Gasteiger partial charge in [-0.25, -0.2) is 0 Å². The third-order valence-electron chi connectivity index (χ3n) is 4.34. The largest absolute Gasteiger partial charge is 0.481 e. The van der Waals surface area contributed by atoms with Crippen LogP contribution in [-0.4, -0.2) is 22.8 Å². The molecular weight excluding hydrogens is 322 g/mol. The van der Waals surface area contributed by atoms with Gasteiger partial charge >= 0.3 is 0 Å². The van der Waals surface area contributed by atoms with Gasteiger partial charge in [-0.3, -0.25) is 4.79 Å². The van der Waals surface area contributed by atoms with Crippen molar-refractivity contribution in [2.75, 3.05) is 11.9 Å². The SMILES string of the molecule is Cc1noc(C)c1-c1cc2c(c(-c3c(C)noc3C)c1)OCC(=O)N2. The third kappa shape index (κ3) is 2.39. The van der Waals surface area contributed by atoms with Gasteiger partial charge in [-0.2, -0.15) is 0 Å². The molecule has 4 rings (SSSR count). The number of nitrogens with one attached hydrogen (secondary N) is 1. The maximum atomic E-state index is 11.8. The van der Waals surface area contributed by atoms with Crippen molar-refractivity contribution in [1.82, 2.24) is 10.3 Å². The fraction of sp³-hybridized carbons (Fsp3) is 0.278. The second kappa shape index (κ2) is 5.47.